The highest BCUT2D eigenvalue weighted by atomic mass is 16.5. The Morgan fingerprint density at radius 1 is 1.28 bits per heavy atom. The molecule has 0 atom stereocenters. The van der Waals surface area contributed by atoms with Gasteiger partial charge in [-0.25, -0.2) is 4.79 Å². The molecule has 0 bridgehead atoms. The van der Waals surface area contributed by atoms with Gasteiger partial charge in [-0.2, -0.15) is 0 Å². The second-order valence-electron chi connectivity index (χ2n) is 7.72. The number of hydrogen-bond acceptors (Lipinski definition) is 3. The van der Waals surface area contributed by atoms with Gasteiger partial charge in [0.1, 0.15) is 0 Å². The van der Waals surface area contributed by atoms with Crippen molar-refractivity contribution in [2.75, 3.05) is 18.5 Å². The topological polar surface area (TPSA) is 70.6 Å². The second-order valence-corrected chi connectivity index (χ2v) is 7.72. The molecule has 2 rings (SSSR count). The molecular formula is C20H32N2O3. The van der Waals surface area contributed by atoms with Gasteiger partial charge in [-0.05, 0) is 42.4 Å². The number of carbonyl (C=O) groups is 1. The number of anilines is 1. The lowest BCUT2D eigenvalue weighted by Gasteiger charge is -2.24. The van der Waals surface area contributed by atoms with Gasteiger partial charge < -0.3 is 20.5 Å². The van der Waals surface area contributed by atoms with Crippen LogP contribution in [0.2, 0.25) is 0 Å². The highest BCUT2D eigenvalue weighted by molar-refractivity contribution is 5.89. The van der Waals surface area contributed by atoms with Crippen LogP contribution in [-0.4, -0.2) is 30.4 Å². The zero-order valence-electron chi connectivity index (χ0n) is 15.5. The molecule has 0 unspecified atom stereocenters. The lowest BCUT2D eigenvalue weighted by Crippen LogP contribution is -2.37. The van der Waals surface area contributed by atoms with Gasteiger partial charge in [-0.3, -0.25) is 0 Å². The van der Waals surface area contributed by atoms with E-state index in [0.717, 1.165) is 24.1 Å². The van der Waals surface area contributed by atoms with Crippen molar-refractivity contribution in [1.82, 2.24) is 5.32 Å². The third-order valence-electron chi connectivity index (χ3n) is 4.74. The third-order valence-corrected chi connectivity index (χ3v) is 4.74. The summed E-state index contributed by atoms with van der Waals surface area (Å²) in [4.78, 5) is 12.1. The summed E-state index contributed by atoms with van der Waals surface area (Å²) in [5.74, 6) is 0. The number of urea groups is 1. The molecule has 1 saturated carbocycles. The minimum absolute atomic E-state index is 0.123. The number of rotatable bonds is 8. The van der Waals surface area contributed by atoms with Crippen LogP contribution in [0, 0.1) is 5.41 Å². The predicted molar refractivity (Wildman–Crippen MR) is 101 cm³/mol. The number of ether oxygens (including phenoxy) is 1. The standard InChI is InChI=1S/C20H32N2O3/c1-20(2,11-12-23)15-21-19(24)22-17-8-6-7-16(13-17)14-25-18-9-4-3-5-10-18/h6-8,13,18,23H,3-5,9-12,14-15H2,1-2H3,(H2,21,22,24). The molecule has 140 valence electrons. The molecule has 3 N–H and O–H groups in total. The van der Waals surface area contributed by atoms with Gasteiger partial charge in [0.25, 0.3) is 0 Å². The number of amides is 2. The number of aliphatic hydroxyl groups excluding tert-OH is 1. The van der Waals surface area contributed by atoms with Gasteiger partial charge in [0, 0.05) is 18.8 Å². The molecule has 5 nitrogen and oxygen atoms in total. The zero-order chi connectivity index (χ0) is 18.1. The molecule has 0 radical (unpaired) electrons. The minimum atomic E-state index is -0.226. The summed E-state index contributed by atoms with van der Waals surface area (Å²) in [6.45, 7) is 5.27. The first-order valence-electron chi connectivity index (χ1n) is 9.35. The molecule has 1 aromatic carbocycles. The van der Waals surface area contributed by atoms with E-state index >= 15 is 0 Å². The van der Waals surface area contributed by atoms with Crippen LogP contribution in [0.5, 0.6) is 0 Å². The maximum Gasteiger partial charge on any atom is 0.319 e. The predicted octanol–water partition coefficient (Wildman–Crippen LogP) is 4.07. The number of aliphatic hydroxyl groups is 1. The fourth-order valence-electron chi connectivity index (χ4n) is 3.07. The van der Waals surface area contributed by atoms with Crippen molar-refractivity contribution in [3.05, 3.63) is 29.8 Å². The molecule has 1 aliphatic rings. The normalized spacial score (nSPS) is 15.8. The van der Waals surface area contributed by atoms with Crippen LogP contribution in [0.4, 0.5) is 10.5 Å². The summed E-state index contributed by atoms with van der Waals surface area (Å²) < 4.78 is 6.00. The monoisotopic (exact) mass is 348 g/mol. The van der Waals surface area contributed by atoms with Crippen LogP contribution in [0.25, 0.3) is 0 Å². The van der Waals surface area contributed by atoms with Crippen LogP contribution >= 0.6 is 0 Å². The maximum atomic E-state index is 12.1. The average molecular weight is 348 g/mol. The van der Waals surface area contributed by atoms with E-state index in [4.69, 9.17) is 9.84 Å². The average Bonchev–Trinajstić information content (AvgIpc) is 2.60. The van der Waals surface area contributed by atoms with E-state index in [9.17, 15) is 4.79 Å². The summed E-state index contributed by atoms with van der Waals surface area (Å²) in [5.41, 5.74) is 1.72. The fourth-order valence-corrected chi connectivity index (χ4v) is 3.07. The van der Waals surface area contributed by atoms with Gasteiger partial charge >= 0.3 is 6.03 Å². The van der Waals surface area contributed by atoms with Gasteiger partial charge in [0.15, 0.2) is 0 Å². The number of carbonyl (C=O) groups excluding carboxylic acids is 1. The van der Waals surface area contributed by atoms with E-state index in [1.54, 1.807) is 0 Å². The van der Waals surface area contributed by atoms with E-state index in [0.29, 0.717) is 25.7 Å². The molecule has 0 aromatic heterocycles. The van der Waals surface area contributed by atoms with Crippen LogP contribution < -0.4 is 10.6 Å². The first-order chi connectivity index (χ1) is 12.0. The number of benzene rings is 1. The highest BCUT2D eigenvalue weighted by Gasteiger charge is 2.18. The van der Waals surface area contributed by atoms with Crippen LogP contribution in [0.15, 0.2) is 24.3 Å². The summed E-state index contributed by atoms with van der Waals surface area (Å²) in [7, 11) is 0. The van der Waals surface area contributed by atoms with Crippen molar-refractivity contribution >= 4 is 11.7 Å². The third kappa shape index (κ3) is 7.45. The summed E-state index contributed by atoms with van der Waals surface area (Å²) in [6.07, 6.45) is 7.19. The van der Waals surface area contributed by atoms with Crippen molar-refractivity contribution in [1.29, 1.82) is 0 Å². The van der Waals surface area contributed by atoms with Crippen molar-refractivity contribution in [2.24, 2.45) is 5.41 Å². The Bertz CT molecular complexity index is 539. The highest BCUT2D eigenvalue weighted by Crippen LogP contribution is 2.22. The Balaban J connectivity index is 1.78. The second kappa shape index (κ2) is 9.78. The molecule has 5 heteroatoms. The van der Waals surface area contributed by atoms with E-state index in [2.05, 4.69) is 10.6 Å². The zero-order valence-corrected chi connectivity index (χ0v) is 15.5. The van der Waals surface area contributed by atoms with Crippen molar-refractivity contribution < 1.29 is 14.6 Å². The van der Waals surface area contributed by atoms with Crippen molar-refractivity contribution in [2.45, 2.75) is 65.1 Å². The number of nitrogens with one attached hydrogen (secondary N) is 2. The summed E-state index contributed by atoms with van der Waals surface area (Å²) in [5, 5.41) is 14.8. The molecule has 0 heterocycles. The van der Waals surface area contributed by atoms with Crippen LogP contribution in [-0.2, 0) is 11.3 Å². The molecule has 1 fully saturated rings. The van der Waals surface area contributed by atoms with E-state index in [-0.39, 0.29) is 18.1 Å². The van der Waals surface area contributed by atoms with Gasteiger partial charge in [-0.1, -0.05) is 45.2 Å². The van der Waals surface area contributed by atoms with E-state index < -0.39 is 0 Å². The summed E-state index contributed by atoms with van der Waals surface area (Å²) >= 11 is 0. The lowest BCUT2D eigenvalue weighted by molar-refractivity contribution is 0.0169. The maximum absolute atomic E-state index is 12.1. The summed E-state index contributed by atoms with van der Waals surface area (Å²) in [6, 6.07) is 7.57. The molecule has 0 aliphatic heterocycles. The lowest BCUT2D eigenvalue weighted by atomic mass is 9.90. The van der Waals surface area contributed by atoms with Crippen molar-refractivity contribution in [3.8, 4) is 0 Å². The SMILES string of the molecule is CC(C)(CCO)CNC(=O)Nc1cccc(COC2CCCCC2)c1. The minimum Gasteiger partial charge on any atom is -0.396 e. The van der Waals surface area contributed by atoms with E-state index in [1.807, 2.05) is 38.1 Å². The molecule has 0 spiro atoms. The smallest absolute Gasteiger partial charge is 0.319 e. The Kier molecular flexibility index (Phi) is 7.72. The molecule has 1 aliphatic carbocycles. The Morgan fingerprint density at radius 3 is 2.76 bits per heavy atom. The van der Waals surface area contributed by atoms with Crippen LogP contribution in [0.3, 0.4) is 0 Å². The van der Waals surface area contributed by atoms with E-state index in [1.165, 1.54) is 19.3 Å². The van der Waals surface area contributed by atoms with Gasteiger partial charge in [-0.15, -0.1) is 0 Å². The molecule has 0 saturated heterocycles. The first-order valence-corrected chi connectivity index (χ1v) is 9.35. The largest absolute Gasteiger partial charge is 0.396 e. The molecule has 25 heavy (non-hydrogen) atoms. The van der Waals surface area contributed by atoms with Gasteiger partial charge in [0.05, 0.1) is 12.7 Å². The molecule has 1 aromatic rings. The quantitative estimate of drug-likeness (QED) is 0.663. The van der Waals surface area contributed by atoms with Gasteiger partial charge in [0.2, 0.25) is 0 Å². The fraction of sp³-hybridized carbons (Fsp3) is 0.650. The number of hydrogen-bond donors (Lipinski definition) is 3. The van der Waals surface area contributed by atoms with Crippen LogP contribution in [0.1, 0.15) is 57.9 Å². The molecule has 2 amide bonds. The molecular weight excluding hydrogens is 316 g/mol. The van der Waals surface area contributed by atoms with Crippen molar-refractivity contribution in [3.63, 3.8) is 0 Å². The first kappa shape index (κ1) is 19.7. The Hall–Kier alpha value is -1.59. The Morgan fingerprint density at radius 2 is 2.04 bits per heavy atom. The Labute approximate surface area is 151 Å².